The maximum atomic E-state index is 10.0. The number of carboxylic acid groups (broad SMARTS) is 1. The molecule has 0 aromatic rings. The summed E-state index contributed by atoms with van der Waals surface area (Å²) in [5.41, 5.74) is 0. The molecule has 0 aliphatic carbocycles. The van der Waals surface area contributed by atoms with Crippen molar-refractivity contribution in [2.45, 2.75) is 40.5 Å². The van der Waals surface area contributed by atoms with Crippen molar-refractivity contribution in [1.82, 2.24) is 0 Å². The van der Waals surface area contributed by atoms with Crippen LogP contribution < -0.4 is 5.11 Å². The highest BCUT2D eigenvalue weighted by Gasteiger charge is 2.21. The van der Waals surface area contributed by atoms with Gasteiger partial charge in [-0.15, -0.1) is 0 Å². The van der Waals surface area contributed by atoms with Gasteiger partial charge in [0.2, 0.25) is 0 Å². The van der Waals surface area contributed by atoms with Gasteiger partial charge >= 0.3 is 0 Å². The number of likely N-dealkylation sites (N-methyl/N-ethyl adjacent to an activating group) is 1. The summed E-state index contributed by atoms with van der Waals surface area (Å²) in [4.78, 5) is 10.0. The summed E-state index contributed by atoms with van der Waals surface area (Å²) in [5, 5.41) is 10.0. The van der Waals surface area contributed by atoms with Crippen molar-refractivity contribution in [1.29, 1.82) is 0 Å². The predicted octanol–water partition coefficient (Wildman–Crippen LogP) is 1.11. The van der Waals surface area contributed by atoms with Crippen molar-refractivity contribution >= 4 is 5.97 Å². The lowest BCUT2D eigenvalue weighted by Gasteiger charge is -2.36. The van der Waals surface area contributed by atoms with Crippen LogP contribution in [0.5, 0.6) is 0 Å². The van der Waals surface area contributed by atoms with Crippen LogP contribution in [0.2, 0.25) is 0 Å². The molecule has 0 rings (SSSR count). The molecule has 0 heterocycles. The molecule has 8 nitrogen and oxygen atoms in total. The fraction of sp³-hybridized carbons (Fsp3) is 0.952. The molecule has 8 heteroatoms. The van der Waals surface area contributed by atoms with E-state index in [0.717, 1.165) is 13.2 Å². The summed E-state index contributed by atoms with van der Waals surface area (Å²) in [6.45, 7) is 18.7. The summed E-state index contributed by atoms with van der Waals surface area (Å²) in [6, 6.07) is 0. The number of quaternary nitrogens is 1. The van der Waals surface area contributed by atoms with E-state index in [1.807, 2.05) is 0 Å². The van der Waals surface area contributed by atoms with Gasteiger partial charge in [-0.1, -0.05) is 6.92 Å². The molecule has 0 unspecified atom stereocenters. The minimum atomic E-state index is -1.10. The van der Waals surface area contributed by atoms with Crippen molar-refractivity contribution in [2.75, 3.05) is 92.8 Å². The van der Waals surface area contributed by atoms with Gasteiger partial charge in [0.25, 0.3) is 0 Å². The van der Waals surface area contributed by atoms with Crippen LogP contribution in [-0.2, 0) is 28.5 Å². The second-order valence-electron chi connectivity index (χ2n) is 6.57. The average molecular weight is 424 g/mol. The van der Waals surface area contributed by atoms with E-state index in [4.69, 9.17) is 23.7 Å². The van der Waals surface area contributed by atoms with Gasteiger partial charge in [0.15, 0.2) is 0 Å². The first-order chi connectivity index (χ1) is 14.0. The lowest BCUT2D eigenvalue weighted by Crippen LogP contribution is -2.50. The molecule has 0 aromatic heterocycles. The van der Waals surface area contributed by atoms with Crippen LogP contribution in [0, 0.1) is 0 Å². The number of hydrogen-bond donors (Lipinski definition) is 0. The maximum Gasteiger partial charge on any atom is 0.102 e. The van der Waals surface area contributed by atoms with E-state index in [1.54, 1.807) is 7.11 Å². The average Bonchev–Trinajstić information content (AvgIpc) is 2.72. The van der Waals surface area contributed by atoms with Gasteiger partial charge in [0.1, 0.15) is 6.54 Å². The summed E-state index contributed by atoms with van der Waals surface area (Å²) in [6.07, 6.45) is 1.19. The third-order valence-electron chi connectivity index (χ3n) is 4.58. The minimum Gasteiger partial charge on any atom is -0.550 e. The number of rotatable bonds is 20. The standard InChI is InChI=1S/C11H26NO.C10H20O6/c1-5-9-12(6-2,7-3)10-11-13-8-4;1-13-4-5-15-8-9-16-7-6-14-3-2-10(11)12/h5-11H2,1-4H3;2-9H2,1H3,(H,11,12)/q+1;/p-1. The molecule has 0 N–H and O–H groups in total. The molecule has 0 radical (unpaired) electrons. The first-order valence-corrected chi connectivity index (χ1v) is 10.9. The van der Waals surface area contributed by atoms with E-state index in [-0.39, 0.29) is 13.0 Å². The fourth-order valence-corrected chi connectivity index (χ4v) is 2.68. The van der Waals surface area contributed by atoms with E-state index in [1.165, 1.54) is 37.1 Å². The van der Waals surface area contributed by atoms with Gasteiger partial charge in [-0.2, -0.15) is 0 Å². The van der Waals surface area contributed by atoms with Crippen LogP contribution in [0.4, 0.5) is 0 Å². The molecule has 0 fully saturated rings. The monoisotopic (exact) mass is 423 g/mol. The lowest BCUT2D eigenvalue weighted by molar-refractivity contribution is -0.925. The molecule has 0 aliphatic heterocycles. The van der Waals surface area contributed by atoms with Crippen LogP contribution in [0.25, 0.3) is 0 Å². The second-order valence-corrected chi connectivity index (χ2v) is 6.57. The molecule has 0 atom stereocenters. The van der Waals surface area contributed by atoms with Gasteiger partial charge in [0.05, 0.1) is 72.5 Å². The number of hydrogen-bond acceptors (Lipinski definition) is 7. The Bertz CT molecular complexity index is 339. The molecule has 0 spiro atoms. The Balaban J connectivity index is 0. The molecular weight excluding hydrogens is 378 g/mol. The number of carbonyl (C=O) groups excluding carboxylic acids is 1. The number of carboxylic acids is 1. The normalized spacial score (nSPS) is 11.2. The largest absolute Gasteiger partial charge is 0.550 e. The Morgan fingerprint density at radius 3 is 1.66 bits per heavy atom. The summed E-state index contributed by atoms with van der Waals surface area (Å²) < 4.78 is 26.7. The lowest BCUT2D eigenvalue weighted by atomic mass is 10.3. The van der Waals surface area contributed by atoms with E-state index in [0.29, 0.717) is 39.6 Å². The van der Waals surface area contributed by atoms with Crippen LogP contribution in [0.3, 0.4) is 0 Å². The van der Waals surface area contributed by atoms with Crippen molar-refractivity contribution in [3.05, 3.63) is 0 Å². The van der Waals surface area contributed by atoms with E-state index in [2.05, 4.69) is 27.7 Å². The maximum absolute atomic E-state index is 10.0. The Morgan fingerprint density at radius 2 is 1.24 bits per heavy atom. The molecular formula is C21H45NO7. The van der Waals surface area contributed by atoms with E-state index >= 15 is 0 Å². The molecule has 0 aliphatic rings. The highest BCUT2D eigenvalue weighted by Crippen LogP contribution is 2.07. The van der Waals surface area contributed by atoms with Crippen molar-refractivity contribution in [3.8, 4) is 0 Å². The van der Waals surface area contributed by atoms with Crippen molar-refractivity contribution in [2.24, 2.45) is 0 Å². The summed E-state index contributed by atoms with van der Waals surface area (Å²) in [5.74, 6) is -1.10. The number of aliphatic carboxylic acids is 1. The first-order valence-electron chi connectivity index (χ1n) is 10.9. The highest BCUT2D eigenvalue weighted by molar-refractivity contribution is 5.64. The zero-order valence-electron chi connectivity index (χ0n) is 19.4. The SMILES string of the molecule is CCC[N+](CC)(CC)CCOCC.COCCOCCOCCOCCC(=O)[O-]. The van der Waals surface area contributed by atoms with Crippen LogP contribution in [-0.4, -0.2) is 103 Å². The molecule has 176 valence electrons. The van der Waals surface area contributed by atoms with Gasteiger partial charge in [-0.3, -0.25) is 0 Å². The molecule has 0 saturated carbocycles. The molecule has 29 heavy (non-hydrogen) atoms. The minimum absolute atomic E-state index is 0.0832. The second kappa shape index (κ2) is 23.5. The quantitative estimate of drug-likeness (QED) is 0.214. The van der Waals surface area contributed by atoms with E-state index in [9.17, 15) is 9.90 Å². The Morgan fingerprint density at radius 1 is 0.724 bits per heavy atom. The zero-order valence-corrected chi connectivity index (χ0v) is 19.4. The molecule has 0 aromatic carbocycles. The number of methoxy groups -OCH3 is 1. The van der Waals surface area contributed by atoms with Gasteiger partial charge in [-0.25, -0.2) is 0 Å². The Hall–Kier alpha value is -0.770. The summed E-state index contributed by atoms with van der Waals surface area (Å²) in [7, 11) is 1.61. The smallest absolute Gasteiger partial charge is 0.102 e. The van der Waals surface area contributed by atoms with Gasteiger partial charge < -0.3 is 38.1 Å². The van der Waals surface area contributed by atoms with Gasteiger partial charge in [0, 0.05) is 26.1 Å². The number of ether oxygens (including phenoxy) is 5. The molecule has 0 bridgehead atoms. The van der Waals surface area contributed by atoms with Crippen molar-refractivity contribution < 1.29 is 38.1 Å². The number of nitrogens with zero attached hydrogens (tertiary/aromatic N) is 1. The predicted molar refractivity (Wildman–Crippen MR) is 112 cm³/mol. The Labute approximate surface area is 178 Å². The molecule has 0 amide bonds. The summed E-state index contributed by atoms with van der Waals surface area (Å²) >= 11 is 0. The third-order valence-corrected chi connectivity index (χ3v) is 4.58. The van der Waals surface area contributed by atoms with Gasteiger partial charge in [-0.05, 0) is 27.2 Å². The molecule has 0 saturated heterocycles. The van der Waals surface area contributed by atoms with Crippen LogP contribution in [0.1, 0.15) is 40.5 Å². The Kier molecular flexibility index (Phi) is 24.7. The zero-order chi connectivity index (χ0) is 22.2. The van der Waals surface area contributed by atoms with Crippen LogP contribution >= 0.6 is 0 Å². The first kappa shape index (κ1) is 30.4. The van der Waals surface area contributed by atoms with Crippen molar-refractivity contribution in [3.63, 3.8) is 0 Å². The van der Waals surface area contributed by atoms with Crippen LogP contribution in [0.15, 0.2) is 0 Å². The van der Waals surface area contributed by atoms with E-state index < -0.39 is 5.97 Å². The highest BCUT2D eigenvalue weighted by atomic mass is 16.6. The third kappa shape index (κ3) is 21.8. The fourth-order valence-electron chi connectivity index (χ4n) is 2.68. The topological polar surface area (TPSA) is 86.3 Å². The number of carbonyl (C=O) groups is 1.